The van der Waals surface area contributed by atoms with E-state index in [1.807, 2.05) is 29.2 Å². The predicted octanol–water partition coefficient (Wildman–Crippen LogP) is 3.87. The zero-order valence-corrected chi connectivity index (χ0v) is 19.6. The SMILES string of the molecule is O=C(N[C@@H]1CCCC[C@@H]1C(=O)N1CC2C(C1)C2C(=O)O)OCC1c2ccccc2-c2ccccc21. The van der Waals surface area contributed by atoms with Gasteiger partial charge in [0, 0.05) is 25.0 Å². The lowest BCUT2D eigenvalue weighted by atomic mass is 9.83. The molecule has 2 N–H and O–H groups in total. The molecule has 6 rings (SSSR count). The molecule has 2 aromatic rings. The van der Waals surface area contributed by atoms with Gasteiger partial charge in [-0.1, -0.05) is 61.4 Å². The second-order valence-electron chi connectivity index (χ2n) is 10.4. The molecule has 1 heterocycles. The number of ether oxygens (including phenoxy) is 1. The third-order valence-corrected chi connectivity index (χ3v) is 8.52. The molecule has 0 radical (unpaired) electrons. The maximum atomic E-state index is 13.3. The lowest BCUT2D eigenvalue weighted by molar-refractivity contribution is -0.142. The number of carboxylic acids is 1. The minimum absolute atomic E-state index is 0.00422. The van der Waals surface area contributed by atoms with Crippen LogP contribution in [-0.2, 0) is 14.3 Å². The van der Waals surface area contributed by atoms with Crippen LogP contribution in [0.1, 0.15) is 42.7 Å². The number of carbonyl (C=O) groups is 3. The van der Waals surface area contributed by atoms with Crippen LogP contribution in [0.3, 0.4) is 0 Å². The monoisotopic (exact) mass is 474 g/mol. The Hall–Kier alpha value is -3.35. The number of piperidine rings is 1. The Morgan fingerprint density at radius 2 is 1.51 bits per heavy atom. The summed E-state index contributed by atoms with van der Waals surface area (Å²) in [6.45, 7) is 1.29. The van der Waals surface area contributed by atoms with Crippen LogP contribution in [0.25, 0.3) is 11.1 Å². The minimum atomic E-state index is -0.750. The van der Waals surface area contributed by atoms with Crippen LogP contribution < -0.4 is 5.32 Å². The molecule has 3 aliphatic carbocycles. The molecule has 1 saturated heterocycles. The van der Waals surface area contributed by atoms with Crippen LogP contribution in [0.5, 0.6) is 0 Å². The highest BCUT2D eigenvalue weighted by atomic mass is 16.5. The normalized spacial score (nSPS) is 28.6. The Balaban J connectivity index is 1.08. The molecular formula is C28H30N2O5. The largest absolute Gasteiger partial charge is 0.481 e. The van der Waals surface area contributed by atoms with Gasteiger partial charge < -0.3 is 20.1 Å². The van der Waals surface area contributed by atoms with Gasteiger partial charge in [-0.15, -0.1) is 0 Å². The summed E-state index contributed by atoms with van der Waals surface area (Å²) in [5, 5.41) is 12.2. The van der Waals surface area contributed by atoms with Crippen molar-refractivity contribution in [3.8, 4) is 11.1 Å². The fourth-order valence-corrected chi connectivity index (χ4v) is 6.70. The number of hydrogen-bond donors (Lipinski definition) is 2. The smallest absolute Gasteiger partial charge is 0.407 e. The van der Waals surface area contributed by atoms with Crippen LogP contribution >= 0.6 is 0 Å². The zero-order valence-electron chi connectivity index (χ0n) is 19.6. The zero-order chi connectivity index (χ0) is 24.1. The number of hydrogen-bond acceptors (Lipinski definition) is 4. The summed E-state index contributed by atoms with van der Waals surface area (Å²) in [4.78, 5) is 39.2. The molecule has 2 aromatic carbocycles. The molecule has 0 bridgehead atoms. The summed E-state index contributed by atoms with van der Waals surface area (Å²) in [5.41, 5.74) is 4.70. The van der Waals surface area contributed by atoms with E-state index in [1.165, 1.54) is 22.3 Å². The molecule has 182 valence electrons. The van der Waals surface area contributed by atoms with Gasteiger partial charge in [0.1, 0.15) is 6.61 Å². The van der Waals surface area contributed by atoms with E-state index in [0.29, 0.717) is 13.1 Å². The number of nitrogens with zero attached hydrogens (tertiary/aromatic N) is 1. The van der Waals surface area contributed by atoms with E-state index >= 15 is 0 Å². The third kappa shape index (κ3) is 3.87. The average molecular weight is 475 g/mol. The standard InChI is InChI=1S/C28H30N2O5/c31-26(30-13-21-22(14-30)25(21)27(32)33)20-11-5-6-12-24(20)29-28(34)35-15-23-18-9-3-1-7-16(18)17-8-2-4-10-19(17)23/h1-4,7-10,20-25H,5-6,11-15H2,(H,29,34)(H,32,33)/t20-,21?,22?,24+,25?/m0/s1. The fraction of sp³-hybridized carbons (Fsp3) is 0.464. The van der Waals surface area contributed by atoms with Crippen molar-refractivity contribution < 1.29 is 24.2 Å². The average Bonchev–Trinajstić information content (AvgIpc) is 3.22. The molecule has 4 atom stereocenters. The highest BCUT2D eigenvalue weighted by molar-refractivity contribution is 5.83. The Labute approximate surface area is 204 Å². The van der Waals surface area contributed by atoms with Crippen molar-refractivity contribution in [2.45, 2.75) is 37.6 Å². The van der Waals surface area contributed by atoms with Crippen LogP contribution in [0.15, 0.2) is 48.5 Å². The van der Waals surface area contributed by atoms with Gasteiger partial charge >= 0.3 is 12.1 Å². The summed E-state index contributed by atoms with van der Waals surface area (Å²) in [5.74, 6) is -1.09. The van der Waals surface area contributed by atoms with E-state index in [4.69, 9.17) is 4.74 Å². The number of carboxylic acid groups (broad SMARTS) is 1. The van der Waals surface area contributed by atoms with Gasteiger partial charge in [0.15, 0.2) is 0 Å². The second kappa shape index (κ2) is 8.70. The number of likely N-dealkylation sites (tertiary alicyclic amines) is 1. The summed E-state index contributed by atoms with van der Waals surface area (Å²) in [6.07, 6.45) is 2.93. The number of aliphatic carboxylic acids is 1. The second-order valence-corrected chi connectivity index (χ2v) is 10.4. The third-order valence-electron chi connectivity index (χ3n) is 8.52. The van der Waals surface area contributed by atoms with Gasteiger partial charge in [0.05, 0.1) is 11.8 Å². The number of carbonyl (C=O) groups excluding carboxylic acids is 2. The summed E-state index contributed by atoms with van der Waals surface area (Å²) in [7, 11) is 0. The van der Waals surface area contributed by atoms with E-state index in [9.17, 15) is 19.5 Å². The van der Waals surface area contributed by atoms with Crippen LogP contribution in [0.4, 0.5) is 4.79 Å². The van der Waals surface area contributed by atoms with E-state index in [1.54, 1.807) is 0 Å². The summed E-state index contributed by atoms with van der Waals surface area (Å²) < 4.78 is 5.72. The summed E-state index contributed by atoms with van der Waals surface area (Å²) >= 11 is 0. The lowest BCUT2D eigenvalue weighted by Gasteiger charge is -2.34. The van der Waals surface area contributed by atoms with Gasteiger partial charge in [-0.3, -0.25) is 9.59 Å². The van der Waals surface area contributed by atoms with Crippen molar-refractivity contribution in [1.29, 1.82) is 0 Å². The first-order chi connectivity index (χ1) is 17.0. The molecule has 1 aliphatic heterocycles. The molecule has 2 saturated carbocycles. The molecule has 7 nitrogen and oxygen atoms in total. The minimum Gasteiger partial charge on any atom is -0.481 e. The van der Waals surface area contributed by atoms with Crippen molar-refractivity contribution in [1.82, 2.24) is 10.2 Å². The molecule has 2 unspecified atom stereocenters. The van der Waals surface area contributed by atoms with Gasteiger partial charge in [-0.25, -0.2) is 4.79 Å². The molecule has 7 heteroatoms. The molecule has 35 heavy (non-hydrogen) atoms. The van der Waals surface area contributed by atoms with Crippen molar-refractivity contribution >= 4 is 18.0 Å². The Bertz CT molecular complexity index is 1120. The van der Waals surface area contributed by atoms with Crippen molar-refractivity contribution in [3.05, 3.63) is 59.7 Å². The number of alkyl carbamates (subject to hydrolysis) is 1. The van der Waals surface area contributed by atoms with Gasteiger partial charge in [-0.05, 0) is 46.9 Å². The van der Waals surface area contributed by atoms with Crippen LogP contribution in [-0.4, -0.2) is 53.7 Å². The Morgan fingerprint density at radius 1 is 0.914 bits per heavy atom. The molecule has 3 fully saturated rings. The molecule has 2 amide bonds. The fourth-order valence-electron chi connectivity index (χ4n) is 6.70. The number of nitrogens with one attached hydrogen (secondary N) is 1. The van der Waals surface area contributed by atoms with Gasteiger partial charge in [0.25, 0.3) is 0 Å². The summed E-state index contributed by atoms with van der Waals surface area (Å²) in [6, 6.07) is 16.2. The predicted molar refractivity (Wildman–Crippen MR) is 129 cm³/mol. The van der Waals surface area contributed by atoms with Crippen molar-refractivity contribution in [2.24, 2.45) is 23.7 Å². The van der Waals surface area contributed by atoms with Gasteiger partial charge in [-0.2, -0.15) is 0 Å². The van der Waals surface area contributed by atoms with Crippen molar-refractivity contribution in [3.63, 3.8) is 0 Å². The molecule has 4 aliphatic rings. The van der Waals surface area contributed by atoms with Crippen molar-refractivity contribution in [2.75, 3.05) is 19.7 Å². The van der Waals surface area contributed by atoms with Gasteiger partial charge in [0.2, 0.25) is 5.91 Å². The van der Waals surface area contributed by atoms with Crippen LogP contribution in [0.2, 0.25) is 0 Å². The molecular weight excluding hydrogens is 444 g/mol. The van der Waals surface area contributed by atoms with E-state index in [0.717, 1.165) is 25.7 Å². The first kappa shape index (κ1) is 22.1. The lowest BCUT2D eigenvalue weighted by Crippen LogP contribution is -2.50. The van der Waals surface area contributed by atoms with E-state index in [2.05, 4.69) is 29.6 Å². The number of rotatable bonds is 5. The Morgan fingerprint density at radius 3 is 2.14 bits per heavy atom. The number of benzene rings is 2. The van der Waals surface area contributed by atoms with E-state index in [-0.39, 0.29) is 48.1 Å². The quantitative estimate of drug-likeness (QED) is 0.686. The topological polar surface area (TPSA) is 95.9 Å². The first-order valence-corrected chi connectivity index (χ1v) is 12.7. The van der Waals surface area contributed by atoms with E-state index < -0.39 is 12.1 Å². The number of fused-ring (bicyclic) bond motifs is 4. The maximum Gasteiger partial charge on any atom is 0.407 e. The highest BCUT2D eigenvalue weighted by Crippen LogP contribution is 2.52. The molecule has 0 aromatic heterocycles. The Kier molecular flexibility index (Phi) is 5.50. The maximum absolute atomic E-state index is 13.3. The first-order valence-electron chi connectivity index (χ1n) is 12.7. The highest BCUT2D eigenvalue weighted by Gasteiger charge is 2.61. The number of amides is 2. The molecule has 0 spiro atoms. The van der Waals surface area contributed by atoms with Crippen LogP contribution in [0, 0.1) is 23.7 Å².